The van der Waals surface area contributed by atoms with Crippen LogP contribution >= 0.6 is 0 Å². The minimum Gasteiger partial charge on any atom is -0.481 e. The van der Waals surface area contributed by atoms with Gasteiger partial charge in [-0.25, -0.2) is 0 Å². The Morgan fingerprint density at radius 2 is 2.00 bits per heavy atom. The molecule has 0 aromatic heterocycles. The third-order valence-electron chi connectivity index (χ3n) is 3.32. The van der Waals surface area contributed by atoms with E-state index in [4.69, 9.17) is 5.11 Å². The van der Waals surface area contributed by atoms with Crippen LogP contribution in [0.4, 0.5) is 0 Å². The van der Waals surface area contributed by atoms with E-state index in [-0.39, 0.29) is 12.3 Å². The molecular formula is C10H18O4. The van der Waals surface area contributed by atoms with Gasteiger partial charge >= 0.3 is 5.97 Å². The van der Waals surface area contributed by atoms with Gasteiger partial charge in [-0.05, 0) is 18.8 Å². The highest BCUT2D eigenvalue weighted by molar-refractivity contribution is 5.66. The van der Waals surface area contributed by atoms with Crippen LogP contribution in [-0.4, -0.2) is 33.5 Å². The van der Waals surface area contributed by atoms with Gasteiger partial charge in [0.25, 0.3) is 0 Å². The predicted molar refractivity (Wildman–Crippen MR) is 50.8 cm³/mol. The van der Waals surface area contributed by atoms with Crippen LogP contribution in [0.3, 0.4) is 0 Å². The number of aliphatic hydroxyl groups excluding tert-OH is 2. The van der Waals surface area contributed by atoms with Gasteiger partial charge in [-0.3, -0.25) is 4.79 Å². The van der Waals surface area contributed by atoms with Crippen LogP contribution in [0.15, 0.2) is 0 Å². The van der Waals surface area contributed by atoms with Crippen LogP contribution in [-0.2, 0) is 4.79 Å². The van der Waals surface area contributed by atoms with Crippen molar-refractivity contribution in [3.63, 3.8) is 0 Å². The number of carboxylic acids is 1. The summed E-state index contributed by atoms with van der Waals surface area (Å²) < 4.78 is 0. The van der Waals surface area contributed by atoms with Crippen molar-refractivity contribution in [2.45, 2.75) is 45.3 Å². The summed E-state index contributed by atoms with van der Waals surface area (Å²) in [5, 5.41) is 28.0. The lowest BCUT2D eigenvalue weighted by Gasteiger charge is -2.27. The molecule has 3 atom stereocenters. The van der Waals surface area contributed by atoms with Crippen molar-refractivity contribution in [2.24, 2.45) is 11.3 Å². The van der Waals surface area contributed by atoms with Gasteiger partial charge in [0.2, 0.25) is 0 Å². The fraction of sp³-hybridized carbons (Fsp3) is 0.900. The minimum absolute atomic E-state index is 0.0600. The van der Waals surface area contributed by atoms with Gasteiger partial charge in [0.05, 0.1) is 12.2 Å². The van der Waals surface area contributed by atoms with Gasteiger partial charge in [0, 0.05) is 11.8 Å². The van der Waals surface area contributed by atoms with Crippen LogP contribution in [0.5, 0.6) is 0 Å². The first kappa shape index (κ1) is 11.5. The third kappa shape index (κ3) is 2.07. The average molecular weight is 202 g/mol. The largest absolute Gasteiger partial charge is 0.481 e. The van der Waals surface area contributed by atoms with Crippen molar-refractivity contribution in [2.75, 3.05) is 0 Å². The van der Waals surface area contributed by atoms with Gasteiger partial charge < -0.3 is 15.3 Å². The van der Waals surface area contributed by atoms with Crippen LogP contribution in [0.25, 0.3) is 0 Å². The fourth-order valence-corrected chi connectivity index (χ4v) is 2.11. The molecule has 1 aliphatic rings. The molecule has 0 saturated heterocycles. The summed E-state index contributed by atoms with van der Waals surface area (Å²) in [7, 11) is 0. The van der Waals surface area contributed by atoms with E-state index in [0.29, 0.717) is 12.8 Å². The highest BCUT2D eigenvalue weighted by Gasteiger charge is 2.47. The topological polar surface area (TPSA) is 77.8 Å². The number of hydrogen-bond acceptors (Lipinski definition) is 3. The second-order valence-corrected chi connectivity index (χ2v) is 4.71. The molecule has 1 rings (SSSR count). The Hall–Kier alpha value is -0.610. The first-order chi connectivity index (χ1) is 6.35. The van der Waals surface area contributed by atoms with Gasteiger partial charge in [0.15, 0.2) is 0 Å². The molecule has 4 nitrogen and oxygen atoms in total. The van der Waals surface area contributed by atoms with E-state index >= 15 is 0 Å². The monoisotopic (exact) mass is 202 g/mol. The number of aliphatic carboxylic acids is 1. The molecule has 0 amide bonds. The van der Waals surface area contributed by atoms with Crippen LogP contribution < -0.4 is 0 Å². The van der Waals surface area contributed by atoms with Crippen molar-refractivity contribution in [1.29, 1.82) is 0 Å². The number of hydrogen-bond donors (Lipinski definition) is 3. The lowest BCUT2D eigenvalue weighted by molar-refractivity contribution is -0.137. The number of rotatable bonds is 3. The Morgan fingerprint density at radius 1 is 1.43 bits per heavy atom. The molecular weight excluding hydrogens is 184 g/mol. The molecule has 4 heteroatoms. The Labute approximate surface area is 83.6 Å². The van der Waals surface area contributed by atoms with E-state index in [0.717, 1.165) is 0 Å². The van der Waals surface area contributed by atoms with E-state index in [1.165, 1.54) is 0 Å². The molecule has 0 radical (unpaired) electrons. The maximum atomic E-state index is 10.4. The lowest BCUT2D eigenvalue weighted by atomic mass is 9.85. The SMILES string of the molecule is CC1(C)[C@H](O)C[C@@H](CCC(=O)O)[C@H]1O. The van der Waals surface area contributed by atoms with Crippen molar-refractivity contribution in [1.82, 2.24) is 0 Å². The van der Waals surface area contributed by atoms with Crippen LogP contribution in [0.1, 0.15) is 33.1 Å². The van der Waals surface area contributed by atoms with Gasteiger partial charge in [-0.2, -0.15) is 0 Å². The molecule has 0 aromatic rings. The Balaban J connectivity index is 2.54. The molecule has 0 unspecified atom stereocenters. The first-order valence-electron chi connectivity index (χ1n) is 4.93. The number of aliphatic hydroxyl groups is 2. The zero-order valence-corrected chi connectivity index (χ0v) is 8.60. The summed E-state index contributed by atoms with van der Waals surface area (Å²) in [4.78, 5) is 10.4. The molecule has 0 aliphatic heterocycles. The van der Waals surface area contributed by atoms with E-state index in [2.05, 4.69) is 0 Å². The second-order valence-electron chi connectivity index (χ2n) is 4.71. The van der Waals surface area contributed by atoms with Crippen LogP contribution in [0, 0.1) is 11.3 Å². The second kappa shape index (κ2) is 3.87. The quantitative estimate of drug-likeness (QED) is 0.627. The Bertz CT molecular complexity index is 224. The molecule has 1 aliphatic carbocycles. The molecule has 0 spiro atoms. The Morgan fingerprint density at radius 3 is 2.36 bits per heavy atom. The molecule has 1 saturated carbocycles. The van der Waals surface area contributed by atoms with Crippen LogP contribution in [0.2, 0.25) is 0 Å². The van der Waals surface area contributed by atoms with Gasteiger partial charge in [-0.15, -0.1) is 0 Å². The third-order valence-corrected chi connectivity index (χ3v) is 3.32. The fourth-order valence-electron chi connectivity index (χ4n) is 2.11. The summed E-state index contributed by atoms with van der Waals surface area (Å²) >= 11 is 0. The standard InChI is InChI=1S/C10H18O4/c1-10(2)7(11)5-6(9(10)14)3-4-8(12)13/h6-7,9,11,14H,3-5H2,1-2H3,(H,12,13)/t6-,7-,9-/m1/s1. The highest BCUT2D eigenvalue weighted by Crippen LogP contribution is 2.43. The summed E-state index contributed by atoms with van der Waals surface area (Å²) in [6, 6.07) is 0. The zero-order valence-electron chi connectivity index (χ0n) is 8.60. The normalized spacial score (nSPS) is 35.9. The molecule has 82 valence electrons. The first-order valence-corrected chi connectivity index (χ1v) is 4.93. The predicted octanol–water partition coefficient (Wildman–Crippen LogP) is 0.619. The average Bonchev–Trinajstić information content (AvgIpc) is 2.26. The summed E-state index contributed by atoms with van der Waals surface area (Å²) in [6.45, 7) is 3.62. The van der Waals surface area contributed by atoms with Gasteiger partial charge in [-0.1, -0.05) is 13.8 Å². The van der Waals surface area contributed by atoms with E-state index in [1.807, 2.05) is 13.8 Å². The minimum atomic E-state index is -0.851. The smallest absolute Gasteiger partial charge is 0.303 e. The molecule has 0 bridgehead atoms. The summed E-state index contributed by atoms with van der Waals surface area (Å²) in [5.74, 6) is -0.938. The molecule has 3 N–H and O–H groups in total. The summed E-state index contributed by atoms with van der Waals surface area (Å²) in [5.41, 5.74) is -0.511. The number of carboxylic acid groups (broad SMARTS) is 1. The molecule has 0 heterocycles. The molecule has 14 heavy (non-hydrogen) atoms. The van der Waals surface area contributed by atoms with E-state index in [1.54, 1.807) is 0 Å². The highest BCUT2D eigenvalue weighted by atomic mass is 16.4. The van der Waals surface area contributed by atoms with Crippen molar-refractivity contribution >= 4 is 5.97 Å². The number of carbonyl (C=O) groups is 1. The maximum absolute atomic E-state index is 10.4. The summed E-state index contributed by atoms with van der Waals surface area (Å²) in [6.07, 6.45) is -0.128. The Kier molecular flexibility index (Phi) is 3.17. The zero-order chi connectivity index (χ0) is 10.9. The maximum Gasteiger partial charge on any atom is 0.303 e. The molecule has 0 aromatic carbocycles. The lowest BCUT2D eigenvalue weighted by Crippen LogP contribution is -2.34. The van der Waals surface area contributed by atoms with E-state index < -0.39 is 23.6 Å². The van der Waals surface area contributed by atoms with Crippen molar-refractivity contribution in [3.05, 3.63) is 0 Å². The molecule has 1 fully saturated rings. The van der Waals surface area contributed by atoms with Crippen molar-refractivity contribution < 1.29 is 20.1 Å². The van der Waals surface area contributed by atoms with Crippen molar-refractivity contribution in [3.8, 4) is 0 Å². The van der Waals surface area contributed by atoms with Gasteiger partial charge in [0.1, 0.15) is 0 Å². The van der Waals surface area contributed by atoms with E-state index in [9.17, 15) is 15.0 Å².